The second-order valence-corrected chi connectivity index (χ2v) is 13.4. The maximum absolute atomic E-state index is 14.6. The Labute approximate surface area is 287 Å². The van der Waals surface area contributed by atoms with Gasteiger partial charge in [0.25, 0.3) is 0 Å². The summed E-state index contributed by atoms with van der Waals surface area (Å²) >= 11 is 0. The summed E-state index contributed by atoms with van der Waals surface area (Å²) in [6, 6.07) is 33.3. The van der Waals surface area contributed by atoms with E-state index in [0.29, 0.717) is 17.2 Å². The van der Waals surface area contributed by atoms with E-state index in [1.54, 1.807) is 31.3 Å². The van der Waals surface area contributed by atoms with Crippen molar-refractivity contribution in [2.45, 2.75) is 38.3 Å². The third-order valence-electron chi connectivity index (χ3n) is 9.69. The predicted molar refractivity (Wildman–Crippen MR) is 196 cm³/mol. The highest BCUT2D eigenvalue weighted by molar-refractivity contribution is 5.92. The fourth-order valence-corrected chi connectivity index (χ4v) is 7.21. The molecule has 0 unspecified atom stereocenters. The van der Waals surface area contributed by atoms with E-state index in [1.165, 1.54) is 0 Å². The molecule has 2 N–H and O–H groups in total. The van der Waals surface area contributed by atoms with Crippen LogP contribution in [0, 0.1) is 0 Å². The number of carbonyl (C=O) groups excluding carboxylic acids is 1. The first-order chi connectivity index (χ1) is 23.6. The van der Waals surface area contributed by atoms with Crippen LogP contribution in [0.3, 0.4) is 0 Å². The van der Waals surface area contributed by atoms with Gasteiger partial charge in [0.15, 0.2) is 0 Å². The highest BCUT2D eigenvalue weighted by Gasteiger charge is 2.41. The van der Waals surface area contributed by atoms with Crippen LogP contribution in [0.5, 0.6) is 17.2 Å². The highest BCUT2D eigenvalue weighted by atomic mass is 16.6. The third-order valence-corrected chi connectivity index (χ3v) is 9.69. The molecule has 2 aliphatic rings. The minimum atomic E-state index is -0.538. The number of anilines is 2. The van der Waals surface area contributed by atoms with Gasteiger partial charge in [0.05, 0.1) is 37.4 Å². The first-order valence-corrected chi connectivity index (χ1v) is 16.4. The monoisotopic (exact) mass is 652 g/mol. The van der Waals surface area contributed by atoms with Gasteiger partial charge in [-0.15, -0.1) is 0 Å². The molecule has 7 heteroatoms. The molecule has 0 atom stereocenters. The van der Waals surface area contributed by atoms with Gasteiger partial charge in [-0.25, -0.2) is 4.79 Å². The van der Waals surface area contributed by atoms with E-state index in [1.807, 2.05) is 66.7 Å². The van der Waals surface area contributed by atoms with Gasteiger partial charge < -0.3 is 24.6 Å². The van der Waals surface area contributed by atoms with E-state index >= 15 is 0 Å². The lowest BCUT2D eigenvalue weighted by Gasteiger charge is -2.33. The molecule has 0 fully saturated rings. The van der Waals surface area contributed by atoms with Crippen molar-refractivity contribution in [2.75, 3.05) is 31.0 Å². The van der Waals surface area contributed by atoms with Crippen LogP contribution < -0.4 is 19.7 Å². The van der Waals surface area contributed by atoms with Crippen molar-refractivity contribution in [2.24, 2.45) is 0 Å². The van der Waals surface area contributed by atoms with Crippen LogP contribution in [0.1, 0.15) is 43.0 Å². The van der Waals surface area contributed by atoms with Crippen LogP contribution in [0.15, 0.2) is 109 Å². The van der Waals surface area contributed by atoms with Gasteiger partial charge in [0.1, 0.15) is 23.9 Å². The molecule has 1 heterocycles. The number of aromatic hydroxyl groups is 1. The number of benzene rings is 5. The van der Waals surface area contributed by atoms with Crippen LogP contribution >= 0.6 is 0 Å². The Morgan fingerprint density at radius 1 is 0.755 bits per heavy atom. The Bertz CT molecular complexity index is 2050. The Hall–Kier alpha value is -5.69. The topological polar surface area (TPSA) is 80.3 Å². The van der Waals surface area contributed by atoms with Crippen LogP contribution in [-0.4, -0.2) is 37.6 Å². The molecule has 49 heavy (non-hydrogen) atoms. The summed E-state index contributed by atoms with van der Waals surface area (Å²) in [6.45, 7) is 6.67. The predicted octanol–water partition coefficient (Wildman–Crippen LogP) is 9.42. The maximum Gasteiger partial charge on any atom is 0.414 e. The summed E-state index contributed by atoms with van der Waals surface area (Å²) in [7, 11) is 3.18. The van der Waals surface area contributed by atoms with E-state index in [-0.39, 0.29) is 24.4 Å². The number of methoxy groups -OCH3 is 2. The number of para-hydroxylation sites is 2. The second kappa shape index (κ2) is 12.4. The molecule has 7 nitrogen and oxygen atoms in total. The zero-order valence-electron chi connectivity index (χ0n) is 28.4. The van der Waals surface area contributed by atoms with Crippen molar-refractivity contribution >= 4 is 23.5 Å². The van der Waals surface area contributed by atoms with Crippen molar-refractivity contribution in [3.8, 4) is 39.5 Å². The number of carbonyl (C=O) groups is 1. The van der Waals surface area contributed by atoms with Crippen LogP contribution in [0.4, 0.5) is 16.2 Å². The van der Waals surface area contributed by atoms with Gasteiger partial charge in [-0.2, -0.15) is 0 Å². The molecular formula is C42H40N2O5. The Morgan fingerprint density at radius 3 is 2.08 bits per heavy atom. The minimum absolute atomic E-state index is 0.103. The van der Waals surface area contributed by atoms with E-state index in [9.17, 15) is 9.90 Å². The molecule has 7 rings (SSSR count). The quantitative estimate of drug-likeness (QED) is 0.174. The number of phenols is 1. The van der Waals surface area contributed by atoms with Crippen molar-refractivity contribution in [1.29, 1.82) is 0 Å². The summed E-state index contributed by atoms with van der Waals surface area (Å²) in [5, 5.41) is 13.9. The Balaban J connectivity index is 1.33. The molecule has 5 aromatic carbocycles. The van der Waals surface area contributed by atoms with Crippen molar-refractivity contribution in [1.82, 2.24) is 0 Å². The summed E-state index contributed by atoms with van der Waals surface area (Å²) in [5.74, 6) is 1.17. The van der Waals surface area contributed by atoms with Crippen molar-refractivity contribution < 1.29 is 24.1 Å². The standard InChI is InChI=1S/C42H40N2O5/c1-41(2)23-22-31-33(28(20-21-36(31)43-41)32-19-18-27(45)24-39(32)48-5)25-44(37-16-10-11-17-38(37)47-4)40(46)49-26-42(3)34-14-8-6-12-29(34)30-13-7-9-15-35(30)42/h6-24,43,45H,25-26H2,1-5H3. The van der Waals surface area contributed by atoms with Crippen molar-refractivity contribution in [3.05, 3.63) is 131 Å². The Kier molecular flexibility index (Phi) is 8.07. The van der Waals surface area contributed by atoms with Gasteiger partial charge in [-0.05, 0) is 84.5 Å². The lowest BCUT2D eigenvalue weighted by atomic mass is 9.81. The summed E-state index contributed by atoms with van der Waals surface area (Å²) in [5.41, 5.74) is 8.79. The van der Waals surface area contributed by atoms with Crippen LogP contribution in [0.25, 0.3) is 28.3 Å². The van der Waals surface area contributed by atoms with Gasteiger partial charge in [0, 0.05) is 22.9 Å². The number of nitrogens with zero attached hydrogens (tertiary/aromatic N) is 1. The third kappa shape index (κ3) is 5.65. The molecule has 0 bridgehead atoms. The minimum Gasteiger partial charge on any atom is -0.508 e. The lowest BCUT2D eigenvalue weighted by Crippen LogP contribution is -2.37. The molecule has 0 radical (unpaired) electrons. The normalized spacial score (nSPS) is 14.6. The molecule has 0 saturated heterocycles. The number of nitrogens with one attached hydrogen (secondary N) is 1. The van der Waals surface area contributed by atoms with E-state index in [2.05, 4.69) is 62.5 Å². The zero-order chi connectivity index (χ0) is 34.3. The Morgan fingerprint density at radius 2 is 1.39 bits per heavy atom. The number of fused-ring (bicyclic) bond motifs is 4. The van der Waals surface area contributed by atoms with E-state index in [4.69, 9.17) is 14.2 Å². The number of phenolic OH excluding ortho intramolecular Hbond substituents is 1. The molecule has 1 amide bonds. The average molecular weight is 653 g/mol. The molecule has 0 saturated carbocycles. The molecule has 248 valence electrons. The van der Waals surface area contributed by atoms with Gasteiger partial charge in [-0.1, -0.05) is 78.9 Å². The van der Waals surface area contributed by atoms with Crippen LogP contribution in [-0.2, 0) is 16.7 Å². The molecule has 0 spiro atoms. The van der Waals surface area contributed by atoms with Crippen LogP contribution in [0.2, 0.25) is 0 Å². The molecule has 0 aromatic heterocycles. The van der Waals surface area contributed by atoms with E-state index < -0.39 is 11.5 Å². The summed E-state index contributed by atoms with van der Waals surface area (Å²) in [4.78, 5) is 16.2. The molecule has 1 aliphatic heterocycles. The molecule has 5 aromatic rings. The first kappa shape index (κ1) is 31.9. The molecular weight excluding hydrogens is 612 g/mol. The van der Waals surface area contributed by atoms with Crippen molar-refractivity contribution in [3.63, 3.8) is 0 Å². The summed E-state index contributed by atoms with van der Waals surface area (Å²) < 4.78 is 17.9. The fourth-order valence-electron chi connectivity index (χ4n) is 7.21. The fraction of sp³-hybridized carbons (Fsp3) is 0.214. The van der Waals surface area contributed by atoms with E-state index in [0.717, 1.165) is 50.2 Å². The smallest absolute Gasteiger partial charge is 0.414 e. The number of rotatable bonds is 8. The second-order valence-electron chi connectivity index (χ2n) is 13.4. The average Bonchev–Trinajstić information content (AvgIpc) is 3.37. The number of ether oxygens (including phenoxy) is 3. The SMILES string of the molecule is COc1cc(O)ccc1-c1ccc2c(c1CN(C(=O)OCC1(C)c3ccccc3-c3ccccc31)c1ccccc1OC)C=CC(C)(C)N2. The number of hydrogen-bond donors (Lipinski definition) is 2. The van der Waals surface area contributed by atoms with Gasteiger partial charge in [-0.3, -0.25) is 4.90 Å². The summed E-state index contributed by atoms with van der Waals surface area (Å²) in [6.07, 6.45) is 3.73. The van der Waals surface area contributed by atoms with Gasteiger partial charge >= 0.3 is 6.09 Å². The maximum atomic E-state index is 14.6. The van der Waals surface area contributed by atoms with Gasteiger partial charge in [0.2, 0.25) is 0 Å². The highest BCUT2D eigenvalue weighted by Crippen LogP contribution is 2.49. The number of hydrogen-bond acceptors (Lipinski definition) is 6. The zero-order valence-corrected chi connectivity index (χ0v) is 28.4. The molecule has 1 aliphatic carbocycles. The number of amides is 1. The first-order valence-electron chi connectivity index (χ1n) is 16.4. The lowest BCUT2D eigenvalue weighted by molar-refractivity contribution is 0.135. The largest absolute Gasteiger partial charge is 0.508 e.